The molecule has 2 atom stereocenters. The molecule has 0 radical (unpaired) electrons. The molecular formula is C13H24N2O. The maximum absolute atomic E-state index is 12.0. The topological polar surface area (TPSA) is 55.1 Å². The third-order valence-electron chi connectivity index (χ3n) is 4.55. The molecule has 0 heterocycles. The molecule has 0 unspecified atom stereocenters. The highest BCUT2D eigenvalue weighted by atomic mass is 16.1. The van der Waals surface area contributed by atoms with Crippen LogP contribution in [0.25, 0.3) is 0 Å². The zero-order valence-electron chi connectivity index (χ0n) is 10.3. The van der Waals surface area contributed by atoms with E-state index in [1.807, 2.05) is 0 Å². The molecule has 2 aliphatic carbocycles. The fourth-order valence-corrected chi connectivity index (χ4v) is 3.05. The van der Waals surface area contributed by atoms with Gasteiger partial charge < -0.3 is 11.1 Å². The summed E-state index contributed by atoms with van der Waals surface area (Å²) in [6.45, 7) is 3.79. The van der Waals surface area contributed by atoms with E-state index in [0.29, 0.717) is 17.9 Å². The highest BCUT2D eigenvalue weighted by molar-refractivity contribution is 5.79. The van der Waals surface area contributed by atoms with Crippen LogP contribution >= 0.6 is 0 Å². The summed E-state index contributed by atoms with van der Waals surface area (Å²) < 4.78 is 0. The van der Waals surface area contributed by atoms with E-state index in [9.17, 15) is 4.79 Å². The molecule has 0 spiro atoms. The predicted octanol–water partition coefficient (Wildman–Crippen LogP) is 1.67. The lowest BCUT2D eigenvalue weighted by molar-refractivity contribution is -0.126. The highest BCUT2D eigenvalue weighted by Gasteiger charge is 2.35. The van der Waals surface area contributed by atoms with Crippen LogP contribution in [-0.2, 0) is 4.79 Å². The van der Waals surface area contributed by atoms with Crippen molar-refractivity contribution in [1.82, 2.24) is 5.32 Å². The van der Waals surface area contributed by atoms with E-state index >= 15 is 0 Å². The van der Waals surface area contributed by atoms with Gasteiger partial charge in [-0.05, 0) is 43.6 Å². The van der Waals surface area contributed by atoms with Gasteiger partial charge >= 0.3 is 0 Å². The van der Waals surface area contributed by atoms with Gasteiger partial charge in [0.1, 0.15) is 0 Å². The number of hydrogen-bond acceptors (Lipinski definition) is 2. The largest absolute Gasteiger partial charge is 0.355 e. The zero-order valence-corrected chi connectivity index (χ0v) is 10.3. The molecule has 3 N–H and O–H groups in total. The Morgan fingerprint density at radius 3 is 2.69 bits per heavy atom. The molecule has 3 heteroatoms. The molecule has 0 bridgehead atoms. The predicted molar refractivity (Wildman–Crippen MR) is 64.9 cm³/mol. The van der Waals surface area contributed by atoms with Crippen LogP contribution in [-0.4, -0.2) is 19.0 Å². The van der Waals surface area contributed by atoms with Gasteiger partial charge in [0.2, 0.25) is 5.91 Å². The van der Waals surface area contributed by atoms with Gasteiger partial charge in [-0.1, -0.05) is 19.8 Å². The van der Waals surface area contributed by atoms with E-state index in [1.54, 1.807) is 0 Å². The fraction of sp³-hybridized carbons (Fsp3) is 0.923. The van der Waals surface area contributed by atoms with E-state index < -0.39 is 0 Å². The number of rotatable bonds is 4. The van der Waals surface area contributed by atoms with Crippen LogP contribution in [0.15, 0.2) is 0 Å². The molecule has 2 aliphatic rings. The van der Waals surface area contributed by atoms with Crippen molar-refractivity contribution in [1.29, 1.82) is 0 Å². The number of carbonyl (C=O) groups excluding carboxylic acids is 1. The third kappa shape index (κ3) is 2.40. The summed E-state index contributed by atoms with van der Waals surface area (Å²) in [6, 6.07) is 0. The number of nitrogens with two attached hydrogens (primary N) is 1. The van der Waals surface area contributed by atoms with Crippen molar-refractivity contribution < 1.29 is 4.79 Å². The van der Waals surface area contributed by atoms with Gasteiger partial charge in [0.25, 0.3) is 0 Å². The third-order valence-corrected chi connectivity index (χ3v) is 4.55. The van der Waals surface area contributed by atoms with E-state index in [1.165, 1.54) is 19.3 Å². The first kappa shape index (κ1) is 11.9. The van der Waals surface area contributed by atoms with Crippen LogP contribution < -0.4 is 11.1 Å². The first-order chi connectivity index (χ1) is 7.64. The van der Waals surface area contributed by atoms with E-state index in [2.05, 4.69) is 12.2 Å². The Morgan fingerprint density at radius 1 is 1.38 bits per heavy atom. The minimum absolute atomic E-state index is 0.189. The van der Waals surface area contributed by atoms with Gasteiger partial charge in [-0.25, -0.2) is 0 Å². The summed E-state index contributed by atoms with van der Waals surface area (Å²) in [4.78, 5) is 12.0. The maximum atomic E-state index is 12.0. The standard InChI is InChI=1S/C13H24N2O/c1-13(6-3-7-13)9-15-12(16)11-5-2-4-10(11)8-14/h10-11H,2-9,14H2,1H3,(H,15,16)/t10-,11-/m1/s1. The maximum Gasteiger partial charge on any atom is 0.223 e. The average molecular weight is 224 g/mol. The van der Waals surface area contributed by atoms with Crippen LogP contribution in [0.1, 0.15) is 45.4 Å². The minimum Gasteiger partial charge on any atom is -0.355 e. The van der Waals surface area contributed by atoms with Crippen LogP contribution in [0.5, 0.6) is 0 Å². The van der Waals surface area contributed by atoms with Crippen molar-refractivity contribution in [3.63, 3.8) is 0 Å². The lowest BCUT2D eigenvalue weighted by Crippen LogP contribution is -2.43. The number of carbonyl (C=O) groups is 1. The van der Waals surface area contributed by atoms with Crippen molar-refractivity contribution in [3.8, 4) is 0 Å². The van der Waals surface area contributed by atoms with Crippen LogP contribution in [0.2, 0.25) is 0 Å². The van der Waals surface area contributed by atoms with Crippen molar-refractivity contribution >= 4 is 5.91 Å². The van der Waals surface area contributed by atoms with E-state index in [0.717, 1.165) is 25.8 Å². The summed E-state index contributed by atoms with van der Waals surface area (Å²) in [6.07, 6.45) is 7.17. The minimum atomic E-state index is 0.189. The molecule has 0 aromatic rings. The molecule has 0 saturated heterocycles. The molecular weight excluding hydrogens is 200 g/mol. The van der Waals surface area contributed by atoms with Crippen molar-refractivity contribution in [2.75, 3.05) is 13.1 Å². The molecule has 3 nitrogen and oxygen atoms in total. The molecule has 2 saturated carbocycles. The summed E-state index contributed by atoms with van der Waals surface area (Å²) in [5, 5.41) is 3.14. The van der Waals surface area contributed by atoms with Crippen LogP contribution in [0.4, 0.5) is 0 Å². The lowest BCUT2D eigenvalue weighted by atomic mass is 9.70. The summed E-state index contributed by atoms with van der Waals surface area (Å²) >= 11 is 0. The SMILES string of the molecule is CC1(CNC(=O)[C@@H]2CCC[C@@H]2CN)CCC1. The Balaban J connectivity index is 1.78. The highest BCUT2D eigenvalue weighted by Crippen LogP contribution is 2.39. The molecule has 0 aromatic carbocycles. The Kier molecular flexibility index (Phi) is 3.53. The Morgan fingerprint density at radius 2 is 2.12 bits per heavy atom. The molecule has 92 valence electrons. The van der Waals surface area contributed by atoms with Crippen molar-refractivity contribution in [2.45, 2.75) is 45.4 Å². The molecule has 2 fully saturated rings. The van der Waals surface area contributed by atoms with Gasteiger partial charge in [0.05, 0.1) is 0 Å². The van der Waals surface area contributed by atoms with Gasteiger partial charge in [-0.15, -0.1) is 0 Å². The molecule has 16 heavy (non-hydrogen) atoms. The van der Waals surface area contributed by atoms with Crippen LogP contribution in [0.3, 0.4) is 0 Å². The summed E-state index contributed by atoms with van der Waals surface area (Å²) in [5.41, 5.74) is 6.08. The first-order valence-electron chi connectivity index (χ1n) is 6.62. The molecule has 2 rings (SSSR count). The number of amides is 1. The average Bonchev–Trinajstić information content (AvgIpc) is 2.71. The summed E-state index contributed by atoms with van der Waals surface area (Å²) in [7, 11) is 0. The van der Waals surface area contributed by atoms with E-state index in [4.69, 9.17) is 5.73 Å². The van der Waals surface area contributed by atoms with Gasteiger partial charge in [-0.2, -0.15) is 0 Å². The lowest BCUT2D eigenvalue weighted by Gasteiger charge is -2.38. The molecule has 0 aliphatic heterocycles. The smallest absolute Gasteiger partial charge is 0.223 e. The number of nitrogens with one attached hydrogen (secondary N) is 1. The molecule has 0 aromatic heterocycles. The van der Waals surface area contributed by atoms with Crippen molar-refractivity contribution in [3.05, 3.63) is 0 Å². The Bertz CT molecular complexity index is 261. The Hall–Kier alpha value is -0.570. The van der Waals surface area contributed by atoms with Crippen molar-refractivity contribution in [2.24, 2.45) is 23.0 Å². The quantitative estimate of drug-likeness (QED) is 0.763. The Labute approximate surface area is 98.2 Å². The second-order valence-electron chi connectivity index (χ2n) is 5.92. The first-order valence-corrected chi connectivity index (χ1v) is 6.62. The summed E-state index contributed by atoms with van der Waals surface area (Å²) in [5.74, 6) is 0.865. The monoisotopic (exact) mass is 224 g/mol. The number of hydrogen-bond donors (Lipinski definition) is 2. The molecule has 1 amide bonds. The van der Waals surface area contributed by atoms with Gasteiger partial charge in [-0.3, -0.25) is 4.79 Å². The second-order valence-corrected chi connectivity index (χ2v) is 5.92. The van der Waals surface area contributed by atoms with E-state index in [-0.39, 0.29) is 11.8 Å². The second kappa shape index (κ2) is 4.74. The zero-order chi connectivity index (χ0) is 11.6. The van der Waals surface area contributed by atoms with Gasteiger partial charge in [0.15, 0.2) is 0 Å². The van der Waals surface area contributed by atoms with Crippen LogP contribution in [0, 0.1) is 17.3 Å². The van der Waals surface area contributed by atoms with Gasteiger partial charge in [0, 0.05) is 12.5 Å². The fourth-order valence-electron chi connectivity index (χ4n) is 3.05. The normalized spacial score (nSPS) is 32.1.